The van der Waals surface area contributed by atoms with Crippen LogP contribution in [0.15, 0.2) is 12.7 Å². The number of nitrogens with zero attached hydrogens (tertiary/aromatic N) is 1. The van der Waals surface area contributed by atoms with Gasteiger partial charge < -0.3 is 4.90 Å². The molecule has 0 N–H and O–H groups in total. The number of allylic oxidation sites excluding steroid dienone is 1. The Morgan fingerprint density at radius 1 is 1.16 bits per heavy atom. The summed E-state index contributed by atoms with van der Waals surface area (Å²) in [6.45, 7) is 4.64. The standard InChI is InChI=1S/C17H27NO/c1-3-4-5-6-18(2)17(19)16-14-8-12-7-13(10-14)11-15(16)9-12/h3,12-16H,1,4-11H2,2H3. The number of rotatable bonds is 5. The fraction of sp³-hybridized carbons (Fsp3) is 0.824. The molecule has 2 heteroatoms. The molecule has 0 heterocycles. The van der Waals surface area contributed by atoms with Crippen LogP contribution in [0.2, 0.25) is 0 Å². The fourth-order valence-electron chi connectivity index (χ4n) is 5.17. The Hall–Kier alpha value is -0.790. The van der Waals surface area contributed by atoms with Gasteiger partial charge in [0.1, 0.15) is 0 Å². The third-order valence-corrected chi connectivity index (χ3v) is 5.79. The molecule has 0 aromatic heterocycles. The van der Waals surface area contributed by atoms with E-state index in [1.54, 1.807) is 0 Å². The van der Waals surface area contributed by atoms with Crippen molar-refractivity contribution in [3.8, 4) is 0 Å². The molecule has 19 heavy (non-hydrogen) atoms. The zero-order valence-electron chi connectivity index (χ0n) is 12.2. The number of amides is 1. The van der Waals surface area contributed by atoms with E-state index in [0.29, 0.717) is 23.7 Å². The maximum atomic E-state index is 12.7. The van der Waals surface area contributed by atoms with E-state index in [1.165, 1.54) is 32.1 Å². The Labute approximate surface area is 117 Å². The second kappa shape index (κ2) is 5.30. The number of carbonyl (C=O) groups excluding carboxylic acids is 1. The lowest BCUT2D eigenvalue weighted by Crippen LogP contribution is -2.51. The molecule has 0 saturated heterocycles. The quantitative estimate of drug-likeness (QED) is 0.548. The third kappa shape index (κ3) is 2.46. The lowest BCUT2D eigenvalue weighted by atomic mass is 9.51. The molecule has 4 saturated carbocycles. The van der Waals surface area contributed by atoms with Crippen LogP contribution in [0.4, 0.5) is 0 Å². The summed E-state index contributed by atoms with van der Waals surface area (Å²) in [5.41, 5.74) is 0. The van der Waals surface area contributed by atoms with Gasteiger partial charge >= 0.3 is 0 Å². The number of hydrogen-bond acceptors (Lipinski definition) is 1. The summed E-state index contributed by atoms with van der Waals surface area (Å²) < 4.78 is 0. The summed E-state index contributed by atoms with van der Waals surface area (Å²) >= 11 is 0. The molecular weight excluding hydrogens is 234 g/mol. The smallest absolute Gasteiger partial charge is 0.225 e. The highest BCUT2D eigenvalue weighted by atomic mass is 16.2. The monoisotopic (exact) mass is 261 g/mol. The maximum Gasteiger partial charge on any atom is 0.225 e. The van der Waals surface area contributed by atoms with Gasteiger partial charge in [-0.25, -0.2) is 0 Å². The zero-order valence-corrected chi connectivity index (χ0v) is 12.2. The van der Waals surface area contributed by atoms with Crippen molar-refractivity contribution >= 4 is 5.91 Å². The van der Waals surface area contributed by atoms with Crippen LogP contribution in [0.25, 0.3) is 0 Å². The molecule has 4 fully saturated rings. The van der Waals surface area contributed by atoms with Gasteiger partial charge in [-0.3, -0.25) is 4.79 Å². The van der Waals surface area contributed by atoms with E-state index in [2.05, 4.69) is 6.58 Å². The largest absolute Gasteiger partial charge is 0.345 e. The summed E-state index contributed by atoms with van der Waals surface area (Å²) in [5.74, 6) is 4.14. The molecular formula is C17H27NO. The maximum absolute atomic E-state index is 12.7. The average molecular weight is 261 g/mol. The number of hydrogen-bond donors (Lipinski definition) is 0. The van der Waals surface area contributed by atoms with E-state index in [-0.39, 0.29) is 0 Å². The highest BCUT2D eigenvalue weighted by molar-refractivity contribution is 5.79. The van der Waals surface area contributed by atoms with E-state index >= 15 is 0 Å². The van der Waals surface area contributed by atoms with Gasteiger partial charge in [-0.1, -0.05) is 6.08 Å². The molecule has 0 unspecified atom stereocenters. The SMILES string of the molecule is C=CCCCN(C)C(=O)C1C2CC3CC(C2)CC1C3. The summed E-state index contributed by atoms with van der Waals surface area (Å²) in [6.07, 6.45) is 10.8. The van der Waals surface area contributed by atoms with Gasteiger partial charge in [0.05, 0.1) is 0 Å². The minimum atomic E-state index is 0.363. The lowest BCUT2D eigenvalue weighted by Gasteiger charge is -2.54. The molecule has 0 aliphatic heterocycles. The van der Waals surface area contributed by atoms with Crippen molar-refractivity contribution in [2.45, 2.75) is 44.9 Å². The first-order valence-electron chi connectivity index (χ1n) is 8.05. The topological polar surface area (TPSA) is 20.3 Å². The first-order valence-corrected chi connectivity index (χ1v) is 8.05. The van der Waals surface area contributed by atoms with Crippen LogP contribution in [0.1, 0.15) is 44.9 Å². The van der Waals surface area contributed by atoms with Crippen LogP contribution in [-0.4, -0.2) is 24.4 Å². The molecule has 4 rings (SSSR count). The summed E-state index contributed by atoms with van der Waals surface area (Å²) in [6, 6.07) is 0. The van der Waals surface area contributed by atoms with Crippen LogP contribution in [0.3, 0.4) is 0 Å². The predicted octanol–water partition coefficient (Wildman–Crippen LogP) is 3.48. The second-order valence-electron chi connectivity index (χ2n) is 7.15. The van der Waals surface area contributed by atoms with Gasteiger partial charge in [0.2, 0.25) is 5.91 Å². The minimum absolute atomic E-state index is 0.363. The molecule has 1 amide bonds. The molecule has 0 spiro atoms. The van der Waals surface area contributed by atoms with Crippen molar-refractivity contribution in [2.75, 3.05) is 13.6 Å². The van der Waals surface area contributed by atoms with Crippen molar-refractivity contribution in [1.82, 2.24) is 4.90 Å². The number of unbranched alkanes of at least 4 members (excludes halogenated alkanes) is 1. The van der Waals surface area contributed by atoms with Crippen LogP contribution in [-0.2, 0) is 4.79 Å². The second-order valence-corrected chi connectivity index (χ2v) is 7.15. The van der Waals surface area contributed by atoms with Crippen LogP contribution < -0.4 is 0 Å². The normalized spacial score (nSPS) is 39.3. The van der Waals surface area contributed by atoms with Crippen LogP contribution >= 0.6 is 0 Å². The van der Waals surface area contributed by atoms with Gasteiger partial charge in [-0.05, 0) is 68.6 Å². The van der Waals surface area contributed by atoms with Crippen molar-refractivity contribution in [2.24, 2.45) is 29.6 Å². The van der Waals surface area contributed by atoms with Gasteiger partial charge in [-0.15, -0.1) is 6.58 Å². The summed E-state index contributed by atoms with van der Waals surface area (Å²) in [7, 11) is 2.00. The predicted molar refractivity (Wildman–Crippen MR) is 77.6 cm³/mol. The molecule has 0 aromatic carbocycles. The Morgan fingerprint density at radius 3 is 2.26 bits per heavy atom. The van der Waals surface area contributed by atoms with Crippen molar-refractivity contribution in [1.29, 1.82) is 0 Å². The molecule has 2 nitrogen and oxygen atoms in total. The fourth-order valence-corrected chi connectivity index (χ4v) is 5.17. The van der Waals surface area contributed by atoms with Crippen LogP contribution in [0.5, 0.6) is 0 Å². The Kier molecular flexibility index (Phi) is 3.68. The Morgan fingerprint density at radius 2 is 1.74 bits per heavy atom. The van der Waals surface area contributed by atoms with Crippen molar-refractivity contribution in [3.05, 3.63) is 12.7 Å². The first-order chi connectivity index (χ1) is 9.19. The molecule has 4 aliphatic rings. The average Bonchev–Trinajstić information content (AvgIpc) is 2.37. The molecule has 4 aliphatic carbocycles. The Bertz CT molecular complexity index is 334. The summed E-state index contributed by atoms with van der Waals surface area (Å²) in [4.78, 5) is 14.7. The van der Waals surface area contributed by atoms with Gasteiger partial charge in [0.15, 0.2) is 0 Å². The zero-order chi connectivity index (χ0) is 13.4. The lowest BCUT2D eigenvalue weighted by molar-refractivity contribution is -0.147. The molecule has 106 valence electrons. The minimum Gasteiger partial charge on any atom is -0.345 e. The third-order valence-electron chi connectivity index (χ3n) is 5.79. The van der Waals surface area contributed by atoms with E-state index in [1.807, 2.05) is 18.0 Å². The van der Waals surface area contributed by atoms with Gasteiger partial charge in [0.25, 0.3) is 0 Å². The Balaban J connectivity index is 1.62. The first kappa shape index (κ1) is 13.2. The number of carbonyl (C=O) groups is 1. The van der Waals surface area contributed by atoms with E-state index in [4.69, 9.17) is 0 Å². The molecule has 0 atom stereocenters. The van der Waals surface area contributed by atoms with Crippen molar-refractivity contribution in [3.63, 3.8) is 0 Å². The van der Waals surface area contributed by atoms with Gasteiger partial charge in [-0.2, -0.15) is 0 Å². The van der Waals surface area contributed by atoms with E-state index in [9.17, 15) is 4.79 Å². The van der Waals surface area contributed by atoms with Crippen LogP contribution in [0, 0.1) is 29.6 Å². The van der Waals surface area contributed by atoms with Gasteiger partial charge in [0, 0.05) is 19.5 Å². The van der Waals surface area contributed by atoms with Crippen molar-refractivity contribution < 1.29 is 4.79 Å². The molecule has 0 radical (unpaired) electrons. The van der Waals surface area contributed by atoms with E-state index in [0.717, 1.165) is 31.2 Å². The highest BCUT2D eigenvalue weighted by Crippen LogP contribution is 2.56. The molecule has 0 aromatic rings. The summed E-state index contributed by atoms with van der Waals surface area (Å²) in [5, 5.41) is 0. The molecule has 4 bridgehead atoms. The van der Waals surface area contributed by atoms with E-state index < -0.39 is 0 Å². The highest BCUT2D eigenvalue weighted by Gasteiger charge is 2.51.